The zero-order valence-electron chi connectivity index (χ0n) is 10.5. The Morgan fingerprint density at radius 3 is 2.62 bits per heavy atom. The Kier molecular flexibility index (Phi) is 8.65. The Morgan fingerprint density at radius 2 is 2.06 bits per heavy atom. The molecule has 0 bridgehead atoms. The van der Waals surface area contributed by atoms with Gasteiger partial charge in [0.2, 0.25) is 0 Å². The van der Waals surface area contributed by atoms with E-state index in [-0.39, 0.29) is 5.92 Å². The van der Waals surface area contributed by atoms with E-state index in [1.807, 2.05) is 6.92 Å². The van der Waals surface area contributed by atoms with Gasteiger partial charge in [-0.15, -0.1) is 11.8 Å². The van der Waals surface area contributed by atoms with Gasteiger partial charge >= 0.3 is 5.97 Å². The first-order valence-electron chi connectivity index (χ1n) is 5.93. The number of carboxylic acids is 1. The molecule has 0 aliphatic carbocycles. The van der Waals surface area contributed by atoms with Crippen LogP contribution in [0.2, 0.25) is 0 Å². The third kappa shape index (κ3) is 8.31. The Hall–Kier alpha value is -1.01. The van der Waals surface area contributed by atoms with Gasteiger partial charge in [0.15, 0.2) is 0 Å². The van der Waals surface area contributed by atoms with Crippen LogP contribution in [0.1, 0.15) is 46.5 Å². The SMILES string of the molecule is CC#CCCNC(C)CCCC(C)C(=O)O. The van der Waals surface area contributed by atoms with Crippen LogP contribution in [0.15, 0.2) is 0 Å². The van der Waals surface area contributed by atoms with Gasteiger partial charge in [-0.1, -0.05) is 13.3 Å². The lowest BCUT2D eigenvalue weighted by Gasteiger charge is -2.13. The average Bonchev–Trinajstić information content (AvgIpc) is 2.24. The van der Waals surface area contributed by atoms with Crippen LogP contribution < -0.4 is 5.32 Å². The van der Waals surface area contributed by atoms with Crippen molar-refractivity contribution in [1.82, 2.24) is 5.32 Å². The monoisotopic (exact) mass is 225 g/mol. The number of nitrogens with one attached hydrogen (secondary N) is 1. The highest BCUT2D eigenvalue weighted by Crippen LogP contribution is 2.09. The fourth-order valence-electron chi connectivity index (χ4n) is 1.46. The van der Waals surface area contributed by atoms with Gasteiger partial charge in [0.1, 0.15) is 0 Å². The van der Waals surface area contributed by atoms with E-state index in [0.29, 0.717) is 6.04 Å². The number of hydrogen-bond acceptors (Lipinski definition) is 2. The summed E-state index contributed by atoms with van der Waals surface area (Å²) < 4.78 is 0. The van der Waals surface area contributed by atoms with Gasteiger partial charge in [0, 0.05) is 19.0 Å². The Balaban J connectivity index is 3.45. The zero-order valence-corrected chi connectivity index (χ0v) is 10.5. The molecule has 2 unspecified atom stereocenters. The molecule has 2 N–H and O–H groups in total. The Labute approximate surface area is 98.6 Å². The van der Waals surface area contributed by atoms with Crippen LogP contribution in [0.3, 0.4) is 0 Å². The van der Waals surface area contributed by atoms with E-state index in [4.69, 9.17) is 5.11 Å². The molecule has 0 aromatic heterocycles. The summed E-state index contributed by atoms with van der Waals surface area (Å²) in [6.07, 6.45) is 3.63. The minimum absolute atomic E-state index is 0.224. The van der Waals surface area contributed by atoms with Crippen molar-refractivity contribution < 1.29 is 9.90 Å². The van der Waals surface area contributed by atoms with Gasteiger partial charge in [-0.2, -0.15) is 0 Å². The minimum Gasteiger partial charge on any atom is -0.481 e. The van der Waals surface area contributed by atoms with Crippen LogP contribution in [0.4, 0.5) is 0 Å². The molecule has 0 aliphatic heterocycles. The topological polar surface area (TPSA) is 49.3 Å². The van der Waals surface area contributed by atoms with Crippen molar-refractivity contribution in [3.8, 4) is 11.8 Å². The maximum absolute atomic E-state index is 10.6. The smallest absolute Gasteiger partial charge is 0.306 e. The fourth-order valence-corrected chi connectivity index (χ4v) is 1.46. The van der Waals surface area contributed by atoms with Gasteiger partial charge in [-0.05, 0) is 26.7 Å². The molecule has 3 nitrogen and oxygen atoms in total. The number of aliphatic carboxylic acids is 1. The summed E-state index contributed by atoms with van der Waals surface area (Å²) in [4.78, 5) is 10.6. The molecule has 0 aromatic rings. The molecule has 0 heterocycles. The quantitative estimate of drug-likeness (QED) is 0.492. The molecular formula is C13H23NO2. The minimum atomic E-state index is -0.696. The molecule has 92 valence electrons. The lowest BCUT2D eigenvalue weighted by Crippen LogP contribution is -2.27. The molecular weight excluding hydrogens is 202 g/mol. The lowest BCUT2D eigenvalue weighted by atomic mass is 10.0. The summed E-state index contributed by atoms with van der Waals surface area (Å²) in [5.74, 6) is 4.94. The normalized spacial score (nSPS) is 13.7. The molecule has 0 aliphatic rings. The summed E-state index contributed by atoms with van der Waals surface area (Å²) in [7, 11) is 0. The number of hydrogen-bond donors (Lipinski definition) is 2. The van der Waals surface area contributed by atoms with Crippen molar-refractivity contribution in [2.45, 2.75) is 52.5 Å². The molecule has 2 atom stereocenters. The van der Waals surface area contributed by atoms with Crippen molar-refractivity contribution in [3.63, 3.8) is 0 Å². The van der Waals surface area contributed by atoms with Crippen molar-refractivity contribution >= 4 is 5.97 Å². The third-order valence-electron chi connectivity index (χ3n) is 2.62. The van der Waals surface area contributed by atoms with E-state index in [2.05, 4.69) is 24.1 Å². The van der Waals surface area contributed by atoms with Crippen molar-refractivity contribution in [3.05, 3.63) is 0 Å². The summed E-state index contributed by atoms with van der Waals surface area (Å²) in [6, 6.07) is 0.444. The highest BCUT2D eigenvalue weighted by molar-refractivity contribution is 5.69. The van der Waals surface area contributed by atoms with Gasteiger partial charge in [-0.25, -0.2) is 0 Å². The number of rotatable bonds is 8. The van der Waals surface area contributed by atoms with Gasteiger partial charge in [-0.3, -0.25) is 4.79 Å². The first-order valence-corrected chi connectivity index (χ1v) is 5.93. The largest absolute Gasteiger partial charge is 0.481 e. The van der Waals surface area contributed by atoms with Crippen LogP contribution >= 0.6 is 0 Å². The standard InChI is InChI=1S/C13H23NO2/c1-4-5-6-10-14-12(3)9-7-8-11(2)13(15)16/h11-12,14H,6-10H2,1-3H3,(H,15,16). The van der Waals surface area contributed by atoms with E-state index in [1.165, 1.54) is 0 Å². The van der Waals surface area contributed by atoms with Crippen LogP contribution in [0.5, 0.6) is 0 Å². The van der Waals surface area contributed by atoms with E-state index < -0.39 is 5.97 Å². The van der Waals surface area contributed by atoms with Crippen molar-refractivity contribution in [2.24, 2.45) is 5.92 Å². The second-order valence-electron chi connectivity index (χ2n) is 4.20. The molecule has 0 saturated heterocycles. The van der Waals surface area contributed by atoms with Crippen molar-refractivity contribution in [1.29, 1.82) is 0 Å². The van der Waals surface area contributed by atoms with Crippen LogP contribution in [-0.2, 0) is 4.79 Å². The van der Waals surface area contributed by atoms with E-state index in [9.17, 15) is 4.79 Å². The third-order valence-corrected chi connectivity index (χ3v) is 2.62. The van der Waals surface area contributed by atoms with E-state index in [1.54, 1.807) is 6.92 Å². The molecule has 3 heteroatoms. The molecule has 0 fully saturated rings. The number of carboxylic acid groups (broad SMARTS) is 1. The summed E-state index contributed by atoms with van der Waals surface area (Å²) in [5, 5.41) is 12.1. The average molecular weight is 225 g/mol. The molecule has 0 radical (unpaired) electrons. The molecule has 0 spiro atoms. The zero-order chi connectivity index (χ0) is 12.4. The van der Waals surface area contributed by atoms with E-state index >= 15 is 0 Å². The maximum atomic E-state index is 10.6. The number of carbonyl (C=O) groups is 1. The molecule has 0 aromatic carbocycles. The maximum Gasteiger partial charge on any atom is 0.306 e. The second-order valence-corrected chi connectivity index (χ2v) is 4.20. The predicted octanol–water partition coefficient (Wildman–Crippen LogP) is 2.27. The van der Waals surface area contributed by atoms with Crippen LogP contribution in [-0.4, -0.2) is 23.7 Å². The molecule has 0 rings (SSSR count). The summed E-state index contributed by atoms with van der Waals surface area (Å²) in [6.45, 7) is 6.65. The van der Waals surface area contributed by atoms with Crippen LogP contribution in [0, 0.1) is 17.8 Å². The first kappa shape index (κ1) is 15.0. The van der Waals surface area contributed by atoms with Gasteiger partial charge in [0.05, 0.1) is 5.92 Å². The summed E-state index contributed by atoms with van der Waals surface area (Å²) in [5.41, 5.74) is 0. The lowest BCUT2D eigenvalue weighted by molar-refractivity contribution is -0.141. The Bertz CT molecular complexity index is 252. The molecule has 0 amide bonds. The van der Waals surface area contributed by atoms with Crippen LogP contribution in [0.25, 0.3) is 0 Å². The highest BCUT2D eigenvalue weighted by Gasteiger charge is 2.10. The van der Waals surface area contributed by atoms with Gasteiger partial charge < -0.3 is 10.4 Å². The molecule has 0 saturated carbocycles. The van der Waals surface area contributed by atoms with E-state index in [0.717, 1.165) is 32.2 Å². The second kappa shape index (κ2) is 9.23. The first-order chi connectivity index (χ1) is 7.57. The van der Waals surface area contributed by atoms with Crippen molar-refractivity contribution in [2.75, 3.05) is 6.54 Å². The van der Waals surface area contributed by atoms with Gasteiger partial charge in [0.25, 0.3) is 0 Å². The fraction of sp³-hybridized carbons (Fsp3) is 0.769. The Morgan fingerprint density at radius 1 is 1.38 bits per heavy atom. The predicted molar refractivity (Wildman–Crippen MR) is 66.2 cm³/mol. The molecule has 16 heavy (non-hydrogen) atoms. The summed E-state index contributed by atoms with van der Waals surface area (Å²) >= 11 is 0. The highest BCUT2D eigenvalue weighted by atomic mass is 16.4.